The minimum atomic E-state index is -5.11. The lowest BCUT2D eigenvalue weighted by Crippen LogP contribution is -2.43. The Hall–Kier alpha value is -5.86. The largest absolute Gasteiger partial charge is 0.383 e. The van der Waals surface area contributed by atoms with Crippen LogP contribution in [0.4, 0.5) is 11.4 Å². The number of hydrogen-bond acceptors (Lipinski definition) is 22. The van der Waals surface area contributed by atoms with E-state index in [1.807, 2.05) is 9.80 Å². The van der Waals surface area contributed by atoms with Crippen LogP contribution in [-0.2, 0) is 109 Å². The maximum absolute atomic E-state index is 12.8. The fourth-order valence-electron chi connectivity index (χ4n) is 11.1. The molecule has 0 bridgehead atoms. The number of amides is 2. The predicted octanol–water partition coefficient (Wildman–Crippen LogP) is 4.61. The Labute approximate surface area is 509 Å². The number of carbonyl (C=O) groups is 3. The number of fused-ring (bicyclic) bond motifs is 6. The van der Waals surface area contributed by atoms with Crippen molar-refractivity contribution in [2.45, 2.75) is 89.3 Å². The molecule has 7 rings (SSSR count). The molecule has 88 heavy (non-hydrogen) atoms. The number of anilines is 2. The molecule has 484 valence electrons. The molecule has 3 heterocycles. The highest BCUT2D eigenvalue weighted by atomic mass is 32.2. The van der Waals surface area contributed by atoms with Gasteiger partial charge in [-0.3, -0.25) is 32.4 Å². The second kappa shape index (κ2) is 28.5. The van der Waals surface area contributed by atoms with Crippen molar-refractivity contribution in [3.8, 4) is 0 Å². The van der Waals surface area contributed by atoms with Gasteiger partial charge in [0.25, 0.3) is 62.4 Å². The number of imide groups is 1. The summed E-state index contributed by atoms with van der Waals surface area (Å²) in [6.45, 7) is 7.60. The third-order valence-corrected chi connectivity index (χ3v) is 19.2. The van der Waals surface area contributed by atoms with Gasteiger partial charge < -0.3 is 43.1 Å². The zero-order chi connectivity index (χ0) is 64.6. The summed E-state index contributed by atoms with van der Waals surface area (Å²) in [5, 5.41) is 0.442. The summed E-state index contributed by atoms with van der Waals surface area (Å²) in [7, 11) is -23.3. The van der Waals surface area contributed by atoms with Crippen LogP contribution in [0.5, 0.6) is 0 Å². The normalized spacial score (nSPS) is 18.8. The molecule has 2 unspecified atom stereocenters. The highest BCUT2D eigenvalue weighted by Gasteiger charge is 2.48. The van der Waals surface area contributed by atoms with Gasteiger partial charge in [0.05, 0.1) is 101 Å². The van der Waals surface area contributed by atoms with Gasteiger partial charge in [0.2, 0.25) is 0 Å². The molecular formula is C55H69N3O25S5. The lowest BCUT2D eigenvalue weighted by atomic mass is 9.73. The number of rotatable bonds is 33. The Morgan fingerprint density at radius 1 is 0.580 bits per heavy atom. The Kier molecular flexibility index (Phi) is 22.6. The minimum Gasteiger partial charge on any atom is -0.383 e. The van der Waals surface area contributed by atoms with E-state index in [-0.39, 0.29) is 139 Å². The van der Waals surface area contributed by atoms with Crippen LogP contribution in [0.2, 0.25) is 0 Å². The SMILES string of the molecule is COCCN1c2ccc3c(S(=O)(=O)O)cc(S(=O)(=O)O)cc3c2C(C)(CCCS(=O)(=O)O)C1/C=C/C=C/C=C1/N(CCOCCOCCOCCOCCOCCC(=O)ON2C(=O)CCC2=O)c2ccc3c(S(=O)(=O)O)cc(S(=O)(=O)O)cc3c2C1(C)C. The molecule has 0 saturated carbocycles. The van der Waals surface area contributed by atoms with Crippen LogP contribution in [0, 0.1) is 0 Å². The van der Waals surface area contributed by atoms with Gasteiger partial charge in [-0.1, -0.05) is 57.2 Å². The first-order valence-electron chi connectivity index (χ1n) is 27.3. The molecule has 28 nitrogen and oxygen atoms in total. The van der Waals surface area contributed by atoms with E-state index >= 15 is 0 Å². The van der Waals surface area contributed by atoms with Gasteiger partial charge in [0, 0.05) is 71.7 Å². The number of hydroxylamine groups is 2. The van der Waals surface area contributed by atoms with Crippen LogP contribution in [-0.4, -0.2) is 192 Å². The molecule has 1 fully saturated rings. The molecule has 2 amide bonds. The number of carbonyl (C=O) groups excluding carboxylic acids is 3. The summed E-state index contributed by atoms with van der Waals surface area (Å²) in [5.41, 5.74) is 0.0314. The van der Waals surface area contributed by atoms with Gasteiger partial charge in [-0.25, -0.2) is 4.79 Å². The van der Waals surface area contributed by atoms with Crippen LogP contribution >= 0.6 is 0 Å². The van der Waals surface area contributed by atoms with Crippen molar-refractivity contribution in [2.75, 3.05) is 108 Å². The van der Waals surface area contributed by atoms with Crippen LogP contribution in [0.3, 0.4) is 0 Å². The van der Waals surface area contributed by atoms with E-state index in [4.69, 9.17) is 33.3 Å². The van der Waals surface area contributed by atoms with Crippen LogP contribution in [0.15, 0.2) is 104 Å². The van der Waals surface area contributed by atoms with Gasteiger partial charge >= 0.3 is 5.97 Å². The Bertz CT molecular complexity index is 3970. The van der Waals surface area contributed by atoms with Crippen molar-refractivity contribution in [1.29, 1.82) is 0 Å². The first-order valence-corrected chi connectivity index (χ1v) is 34.7. The third kappa shape index (κ3) is 16.7. The van der Waals surface area contributed by atoms with Gasteiger partial charge in [-0.15, -0.1) is 5.06 Å². The van der Waals surface area contributed by atoms with Crippen LogP contribution < -0.4 is 9.80 Å². The number of allylic oxidation sites excluding steroid dienone is 5. The minimum absolute atomic E-state index is 0.00128. The number of nitrogens with zero attached hydrogens (tertiary/aromatic N) is 3. The van der Waals surface area contributed by atoms with Gasteiger partial charge in [0.1, 0.15) is 9.79 Å². The lowest BCUT2D eigenvalue weighted by molar-refractivity contribution is -0.198. The van der Waals surface area contributed by atoms with Gasteiger partial charge in [-0.05, 0) is 77.2 Å². The molecule has 1 saturated heterocycles. The van der Waals surface area contributed by atoms with E-state index in [1.54, 1.807) is 63.3 Å². The van der Waals surface area contributed by atoms with E-state index in [2.05, 4.69) is 0 Å². The van der Waals surface area contributed by atoms with E-state index < -0.39 is 111 Å². The van der Waals surface area contributed by atoms with Crippen molar-refractivity contribution in [1.82, 2.24) is 5.06 Å². The topological polar surface area (TPSA) is 397 Å². The highest BCUT2D eigenvalue weighted by Crippen LogP contribution is 2.54. The summed E-state index contributed by atoms with van der Waals surface area (Å²) in [6, 6.07) is 8.70. The molecular weight excluding hydrogens is 1260 g/mol. The second-order valence-electron chi connectivity index (χ2n) is 21.2. The summed E-state index contributed by atoms with van der Waals surface area (Å²) in [6.07, 6.45) is 8.23. The maximum atomic E-state index is 12.8. The van der Waals surface area contributed by atoms with Crippen molar-refractivity contribution < 1.29 is 112 Å². The fourth-order valence-corrected chi connectivity index (χ4v) is 14.3. The quantitative estimate of drug-likeness (QED) is 0.0188. The van der Waals surface area contributed by atoms with Crippen LogP contribution in [0.25, 0.3) is 21.5 Å². The number of methoxy groups -OCH3 is 1. The molecule has 0 radical (unpaired) electrons. The zero-order valence-corrected chi connectivity index (χ0v) is 52.4. The van der Waals surface area contributed by atoms with Gasteiger partial charge in [-0.2, -0.15) is 42.1 Å². The molecule has 5 N–H and O–H groups in total. The van der Waals surface area contributed by atoms with Crippen molar-refractivity contribution in [3.05, 3.63) is 95.7 Å². The number of benzene rings is 4. The molecule has 0 aromatic heterocycles. The molecule has 33 heteroatoms. The van der Waals surface area contributed by atoms with Crippen LogP contribution in [0.1, 0.15) is 64.0 Å². The van der Waals surface area contributed by atoms with Gasteiger partial charge in [0.15, 0.2) is 0 Å². The average Bonchev–Trinajstić information content (AvgIpc) is 1.52. The summed E-state index contributed by atoms with van der Waals surface area (Å²) in [4.78, 5) is 40.4. The first kappa shape index (κ1) is 69.6. The summed E-state index contributed by atoms with van der Waals surface area (Å²) < 4.78 is 210. The molecule has 3 aliphatic heterocycles. The first-order chi connectivity index (χ1) is 41.2. The van der Waals surface area contributed by atoms with E-state index in [9.17, 15) is 79.2 Å². The number of ether oxygens (including phenoxy) is 6. The second-order valence-corrected chi connectivity index (χ2v) is 28.4. The van der Waals surface area contributed by atoms with E-state index in [0.29, 0.717) is 45.4 Å². The Morgan fingerprint density at radius 3 is 1.56 bits per heavy atom. The van der Waals surface area contributed by atoms with Crippen molar-refractivity contribution in [2.24, 2.45) is 0 Å². The molecule has 0 spiro atoms. The van der Waals surface area contributed by atoms with E-state index in [0.717, 1.165) is 12.1 Å². The van der Waals surface area contributed by atoms with E-state index in [1.165, 1.54) is 19.2 Å². The third-order valence-electron chi connectivity index (χ3n) is 15.0. The highest BCUT2D eigenvalue weighted by molar-refractivity contribution is 7.87. The Balaban J connectivity index is 1.07. The molecule has 3 aliphatic rings. The zero-order valence-electron chi connectivity index (χ0n) is 48.3. The predicted molar refractivity (Wildman–Crippen MR) is 316 cm³/mol. The summed E-state index contributed by atoms with van der Waals surface area (Å²) >= 11 is 0. The Morgan fingerprint density at radius 2 is 1.07 bits per heavy atom. The lowest BCUT2D eigenvalue weighted by Gasteiger charge is -2.35. The molecule has 4 aromatic carbocycles. The number of hydrogen-bond donors (Lipinski definition) is 5. The van der Waals surface area contributed by atoms with Crippen molar-refractivity contribution in [3.63, 3.8) is 0 Å². The molecule has 0 aliphatic carbocycles. The summed E-state index contributed by atoms with van der Waals surface area (Å²) in [5.74, 6) is -2.59. The smallest absolute Gasteiger partial charge is 0.335 e. The average molecular weight is 1330 g/mol. The molecule has 4 aromatic rings. The molecule has 2 atom stereocenters. The van der Waals surface area contributed by atoms with Crippen molar-refractivity contribution >= 4 is 101 Å². The standard InChI is InChI=1S/C55H69N3O25S5/c1-54(2)47(9-6-5-7-10-48-55(3,18-8-32-84(62,63)64)53-42-34-38(86(68,69)70)36-46(88(74,75)76)40(42)12-14-44(53)57(48)19-22-77-4)56(43-13-11-39-41(52(43)54)33-37(85(65,66)67)35-45(39)87(71,72)73)20-23-79-25-27-81-29-31-82-30-28-80-26-24-78-21-17-51(61)83-58-49(59)15-16-50(58)60/h5-7,9-14,33-36,48H,8,15-32H2,1-4H3,(H,62,63,64)(H,65,66,67)(H,68,69,70)(H,71,72,73)(H,74,75,76)/b6-5+,10-7+,47-9+. The monoisotopic (exact) mass is 1330 g/mol. The maximum Gasteiger partial charge on any atom is 0.335 e. The fraction of sp³-hybridized carbons (Fsp3) is 0.473.